The lowest BCUT2D eigenvalue weighted by Gasteiger charge is -2.11. The van der Waals surface area contributed by atoms with Gasteiger partial charge in [0.1, 0.15) is 0 Å². The minimum absolute atomic E-state index is 0.205. The molecule has 2 rings (SSSR count). The quantitative estimate of drug-likeness (QED) is 0.851. The van der Waals surface area contributed by atoms with E-state index in [1.54, 1.807) is 12.1 Å². The fraction of sp³-hybridized carbons (Fsp3) is 0.200. The highest BCUT2D eigenvalue weighted by atomic mass is 16.5. The minimum Gasteiger partial charge on any atom is -0.490 e. The Hall–Kier alpha value is -2.76. The lowest BCUT2D eigenvalue weighted by molar-refractivity contribution is 0.0601. The van der Waals surface area contributed by atoms with E-state index in [1.807, 2.05) is 19.1 Å². The lowest BCUT2D eigenvalue weighted by Crippen LogP contribution is -2.06. The molecule has 6 nitrogen and oxygen atoms in total. The summed E-state index contributed by atoms with van der Waals surface area (Å²) in [5, 5.41) is 0. The number of para-hydroxylation sites is 2. The molecule has 0 unspecified atom stereocenters. The van der Waals surface area contributed by atoms with Crippen molar-refractivity contribution in [2.45, 2.75) is 6.92 Å². The van der Waals surface area contributed by atoms with Crippen molar-refractivity contribution in [1.29, 1.82) is 0 Å². The molecule has 1 aromatic carbocycles. The van der Waals surface area contributed by atoms with Crippen molar-refractivity contribution in [2.75, 3.05) is 19.5 Å². The van der Waals surface area contributed by atoms with Crippen molar-refractivity contribution in [3.05, 3.63) is 42.1 Å². The van der Waals surface area contributed by atoms with Crippen LogP contribution in [0.5, 0.6) is 17.4 Å². The third-order valence-electron chi connectivity index (χ3n) is 2.68. The van der Waals surface area contributed by atoms with E-state index in [9.17, 15) is 4.79 Å². The van der Waals surface area contributed by atoms with Crippen LogP contribution < -0.4 is 15.2 Å². The van der Waals surface area contributed by atoms with Gasteiger partial charge in [-0.05, 0) is 19.1 Å². The normalized spacial score (nSPS) is 10.0. The highest BCUT2D eigenvalue weighted by Gasteiger charge is 2.13. The van der Waals surface area contributed by atoms with Crippen molar-refractivity contribution in [2.24, 2.45) is 0 Å². The zero-order valence-electron chi connectivity index (χ0n) is 11.8. The van der Waals surface area contributed by atoms with Crippen molar-refractivity contribution in [3.63, 3.8) is 0 Å². The third-order valence-corrected chi connectivity index (χ3v) is 2.68. The van der Waals surface area contributed by atoms with Crippen LogP contribution in [0.2, 0.25) is 0 Å². The summed E-state index contributed by atoms with van der Waals surface area (Å²) in [6, 6.07) is 8.63. The molecule has 0 spiro atoms. The summed E-state index contributed by atoms with van der Waals surface area (Å²) in [5.41, 5.74) is 6.13. The van der Waals surface area contributed by atoms with Crippen LogP contribution in [0.3, 0.4) is 0 Å². The van der Waals surface area contributed by atoms with E-state index in [4.69, 9.17) is 15.2 Å². The molecule has 0 aliphatic carbocycles. The van der Waals surface area contributed by atoms with Gasteiger partial charge in [0.2, 0.25) is 5.88 Å². The van der Waals surface area contributed by atoms with Crippen LogP contribution in [-0.2, 0) is 4.74 Å². The third kappa shape index (κ3) is 3.42. The van der Waals surface area contributed by atoms with E-state index < -0.39 is 5.97 Å². The molecular formula is C15H16N2O4. The highest BCUT2D eigenvalue weighted by Crippen LogP contribution is 2.31. The molecule has 0 radical (unpaired) electrons. The number of aromatic nitrogens is 1. The molecule has 21 heavy (non-hydrogen) atoms. The average Bonchev–Trinajstić information content (AvgIpc) is 2.50. The number of carbonyl (C=O) groups excluding carboxylic acids is 1. The van der Waals surface area contributed by atoms with Gasteiger partial charge in [-0.2, -0.15) is 0 Å². The molecule has 0 saturated carbocycles. The number of ether oxygens (including phenoxy) is 3. The Balaban J connectivity index is 2.30. The summed E-state index contributed by atoms with van der Waals surface area (Å²) in [6.07, 6.45) is 1.35. The van der Waals surface area contributed by atoms with Crippen LogP contribution in [0.15, 0.2) is 36.5 Å². The number of nitrogen functional groups attached to an aromatic ring is 1. The van der Waals surface area contributed by atoms with Crippen LogP contribution in [0, 0.1) is 0 Å². The fourth-order valence-electron chi connectivity index (χ4n) is 1.71. The summed E-state index contributed by atoms with van der Waals surface area (Å²) in [4.78, 5) is 15.6. The summed E-state index contributed by atoms with van der Waals surface area (Å²) in [6.45, 7) is 2.40. The minimum atomic E-state index is -0.544. The van der Waals surface area contributed by atoms with Gasteiger partial charge in [-0.3, -0.25) is 0 Å². The van der Waals surface area contributed by atoms with Crippen molar-refractivity contribution in [1.82, 2.24) is 4.98 Å². The van der Waals surface area contributed by atoms with Gasteiger partial charge >= 0.3 is 5.97 Å². The molecule has 6 heteroatoms. The molecule has 1 heterocycles. The summed E-state index contributed by atoms with van der Waals surface area (Å²) in [5.74, 6) is 0.792. The first kappa shape index (κ1) is 14.6. The van der Waals surface area contributed by atoms with Gasteiger partial charge in [0, 0.05) is 6.07 Å². The Morgan fingerprint density at radius 1 is 1.29 bits per heavy atom. The van der Waals surface area contributed by atoms with Gasteiger partial charge in [0.15, 0.2) is 11.5 Å². The Morgan fingerprint density at radius 2 is 2.00 bits per heavy atom. The van der Waals surface area contributed by atoms with Gasteiger partial charge in [0.25, 0.3) is 0 Å². The largest absolute Gasteiger partial charge is 0.490 e. The number of hydrogen-bond acceptors (Lipinski definition) is 6. The number of nitrogens with zero attached hydrogens (tertiary/aromatic N) is 1. The molecule has 0 fully saturated rings. The number of carbonyl (C=O) groups is 1. The predicted octanol–water partition coefficient (Wildman–Crippen LogP) is 2.64. The molecule has 0 aliphatic heterocycles. The second-order valence-corrected chi connectivity index (χ2v) is 4.08. The Labute approximate surface area is 122 Å². The van der Waals surface area contributed by atoms with Crippen LogP contribution in [0.4, 0.5) is 5.69 Å². The van der Waals surface area contributed by atoms with E-state index in [0.29, 0.717) is 18.1 Å². The number of esters is 1. The number of anilines is 1. The summed E-state index contributed by atoms with van der Waals surface area (Å²) in [7, 11) is 1.28. The van der Waals surface area contributed by atoms with E-state index in [1.165, 1.54) is 19.4 Å². The molecule has 0 amide bonds. The first-order valence-corrected chi connectivity index (χ1v) is 6.39. The second-order valence-electron chi connectivity index (χ2n) is 4.08. The first-order chi connectivity index (χ1) is 10.2. The Kier molecular flexibility index (Phi) is 4.61. The molecule has 110 valence electrons. The molecule has 0 saturated heterocycles. The lowest BCUT2D eigenvalue weighted by atomic mass is 10.2. The molecule has 1 aromatic heterocycles. The van der Waals surface area contributed by atoms with Crippen LogP contribution in [0.1, 0.15) is 17.3 Å². The number of methoxy groups -OCH3 is 1. The highest BCUT2D eigenvalue weighted by molar-refractivity contribution is 5.95. The van der Waals surface area contributed by atoms with Gasteiger partial charge in [-0.1, -0.05) is 12.1 Å². The summed E-state index contributed by atoms with van der Waals surface area (Å²) >= 11 is 0. The molecule has 0 aliphatic rings. The molecular weight excluding hydrogens is 272 g/mol. The zero-order chi connectivity index (χ0) is 15.2. The number of pyridine rings is 1. The van der Waals surface area contributed by atoms with Crippen LogP contribution >= 0.6 is 0 Å². The number of nitrogens with two attached hydrogens (primary N) is 1. The zero-order valence-corrected chi connectivity index (χ0v) is 11.8. The molecule has 0 atom stereocenters. The van der Waals surface area contributed by atoms with Gasteiger partial charge in [-0.15, -0.1) is 0 Å². The van der Waals surface area contributed by atoms with E-state index >= 15 is 0 Å². The SMILES string of the molecule is CCOc1ccccc1Oc1cc(C(=O)OC)c(N)cn1. The summed E-state index contributed by atoms with van der Waals surface area (Å²) < 4.78 is 15.8. The molecule has 0 bridgehead atoms. The van der Waals surface area contributed by atoms with E-state index in [0.717, 1.165) is 0 Å². The van der Waals surface area contributed by atoms with Gasteiger partial charge < -0.3 is 19.9 Å². The maximum Gasteiger partial charge on any atom is 0.340 e. The average molecular weight is 288 g/mol. The van der Waals surface area contributed by atoms with Gasteiger partial charge in [0.05, 0.1) is 31.2 Å². The monoisotopic (exact) mass is 288 g/mol. The van der Waals surface area contributed by atoms with Crippen molar-refractivity contribution >= 4 is 11.7 Å². The number of rotatable bonds is 5. The fourth-order valence-corrected chi connectivity index (χ4v) is 1.71. The molecule has 2 aromatic rings. The van der Waals surface area contributed by atoms with Gasteiger partial charge in [-0.25, -0.2) is 9.78 Å². The number of benzene rings is 1. The van der Waals surface area contributed by atoms with Crippen LogP contribution in [0.25, 0.3) is 0 Å². The van der Waals surface area contributed by atoms with E-state index in [-0.39, 0.29) is 17.1 Å². The molecule has 2 N–H and O–H groups in total. The topological polar surface area (TPSA) is 83.7 Å². The predicted molar refractivity (Wildman–Crippen MR) is 77.7 cm³/mol. The van der Waals surface area contributed by atoms with Crippen LogP contribution in [-0.4, -0.2) is 24.7 Å². The Bertz CT molecular complexity index is 643. The first-order valence-electron chi connectivity index (χ1n) is 6.39. The second kappa shape index (κ2) is 6.60. The van der Waals surface area contributed by atoms with E-state index in [2.05, 4.69) is 9.72 Å². The maximum absolute atomic E-state index is 11.6. The Morgan fingerprint density at radius 3 is 2.67 bits per heavy atom. The van der Waals surface area contributed by atoms with Crippen molar-refractivity contribution < 1.29 is 19.0 Å². The maximum atomic E-state index is 11.6. The smallest absolute Gasteiger partial charge is 0.340 e. The number of hydrogen-bond donors (Lipinski definition) is 1. The standard InChI is InChI=1S/C15H16N2O4/c1-3-20-12-6-4-5-7-13(12)21-14-8-10(15(18)19-2)11(16)9-17-14/h4-9H,3,16H2,1-2H3. The van der Waals surface area contributed by atoms with Crippen molar-refractivity contribution in [3.8, 4) is 17.4 Å².